The van der Waals surface area contributed by atoms with Gasteiger partial charge in [-0.15, -0.1) is 12.4 Å². The molecule has 0 fully saturated rings. The second-order valence-corrected chi connectivity index (χ2v) is 9.19. The van der Waals surface area contributed by atoms with Crippen LogP contribution in [0.4, 0.5) is 0 Å². The van der Waals surface area contributed by atoms with Gasteiger partial charge in [0.25, 0.3) is 0 Å². The fourth-order valence-electron chi connectivity index (χ4n) is 4.59. The summed E-state index contributed by atoms with van der Waals surface area (Å²) >= 11 is 0. The van der Waals surface area contributed by atoms with Crippen molar-refractivity contribution in [3.63, 3.8) is 0 Å². The van der Waals surface area contributed by atoms with Gasteiger partial charge in [-0.05, 0) is 92.2 Å². The predicted molar refractivity (Wildman–Crippen MR) is 138 cm³/mol. The van der Waals surface area contributed by atoms with Crippen LogP contribution < -0.4 is 4.74 Å². The molecule has 0 aromatic heterocycles. The maximum atomic E-state index is 6.13. The van der Waals surface area contributed by atoms with Crippen LogP contribution in [-0.2, 0) is 19.4 Å². The lowest BCUT2D eigenvalue weighted by Gasteiger charge is -2.25. The third-order valence-corrected chi connectivity index (χ3v) is 6.44. The van der Waals surface area contributed by atoms with E-state index in [-0.39, 0.29) is 12.4 Å². The van der Waals surface area contributed by atoms with Crippen LogP contribution in [0.5, 0.6) is 5.75 Å². The highest BCUT2D eigenvalue weighted by Crippen LogP contribution is 2.31. The van der Waals surface area contributed by atoms with Crippen molar-refractivity contribution < 1.29 is 4.74 Å². The third-order valence-electron chi connectivity index (χ3n) is 6.44. The first-order chi connectivity index (χ1) is 15.2. The Morgan fingerprint density at radius 1 is 0.844 bits per heavy atom. The third kappa shape index (κ3) is 6.85. The standard InChI is InChI=1S/C29H35NO.ClH/c1-30(2)19-7-6-8-23-11-16-28-21-29(18-17-27(28)20-23)31-22-24-12-14-26(15-13-24)25-9-4-3-5-10-25;/h3-5,9-10,12-15,17-18,21,23H,6-8,11,16,19-20,22H2,1-2H3;1H. The zero-order valence-corrected chi connectivity index (χ0v) is 20.2. The van der Waals surface area contributed by atoms with Crippen molar-refractivity contribution in [1.29, 1.82) is 0 Å². The van der Waals surface area contributed by atoms with E-state index in [9.17, 15) is 0 Å². The van der Waals surface area contributed by atoms with Crippen molar-refractivity contribution >= 4 is 12.4 Å². The zero-order chi connectivity index (χ0) is 21.5. The summed E-state index contributed by atoms with van der Waals surface area (Å²) in [5, 5.41) is 0. The summed E-state index contributed by atoms with van der Waals surface area (Å²) in [5.41, 5.74) is 6.72. The van der Waals surface area contributed by atoms with Crippen LogP contribution in [0.25, 0.3) is 11.1 Å². The first kappa shape index (κ1) is 24.4. The van der Waals surface area contributed by atoms with Gasteiger partial charge in [-0.3, -0.25) is 0 Å². The molecule has 0 spiro atoms. The molecule has 0 bridgehead atoms. The van der Waals surface area contributed by atoms with Crippen LogP contribution in [0.2, 0.25) is 0 Å². The van der Waals surface area contributed by atoms with Gasteiger partial charge in [-0.2, -0.15) is 0 Å². The Kier molecular flexibility index (Phi) is 9.20. The minimum Gasteiger partial charge on any atom is -0.489 e. The van der Waals surface area contributed by atoms with Crippen LogP contribution in [-0.4, -0.2) is 25.5 Å². The molecule has 0 radical (unpaired) electrons. The fraction of sp³-hybridized carbons (Fsp3) is 0.379. The van der Waals surface area contributed by atoms with Crippen LogP contribution in [0.1, 0.15) is 42.4 Å². The van der Waals surface area contributed by atoms with Gasteiger partial charge in [-0.25, -0.2) is 0 Å². The molecule has 1 unspecified atom stereocenters. The van der Waals surface area contributed by atoms with Gasteiger partial charge in [0.05, 0.1) is 0 Å². The molecule has 32 heavy (non-hydrogen) atoms. The summed E-state index contributed by atoms with van der Waals surface area (Å²) in [4.78, 5) is 2.29. The second kappa shape index (κ2) is 12.1. The molecule has 3 aromatic carbocycles. The Balaban J connectivity index is 0.00000289. The van der Waals surface area contributed by atoms with E-state index in [1.165, 1.54) is 72.9 Å². The number of aryl methyl sites for hydroxylation is 1. The Labute approximate surface area is 200 Å². The number of unbranched alkanes of at least 4 members (excludes halogenated alkanes) is 1. The molecule has 0 N–H and O–H groups in total. The zero-order valence-electron chi connectivity index (χ0n) is 19.4. The number of nitrogens with zero attached hydrogens (tertiary/aromatic N) is 1. The van der Waals surface area contributed by atoms with E-state index in [1.807, 2.05) is 0 Å². The summed E-state index contributed by atoms with van der Waals surface area (Å²) in [6.07, 6.45) is 7.77. The average molecular weight is 450 g/mol. The van der Waals surface area contributed by atoms with E-state index in [0.29, 0.717) is 6.61 Å². The Morgan fingerprint density at radius 3 is 2.34 bits per heavy atom. The summed E-state index contributed by atoms with van der Waals surface area (Å²) in [6.45, 7) is 1.82. The molecule has 3 aromatic rings. The van der Waals surface area contributed by atoms with Crippen molar-refractivity contribution in [2.24, 2.45) is 5.92 Å². The molecule has 4 rings (SSSR count). The van der Waals surface area contributed by atoms with Crippen molar-refractivity contribution in [2.75, 3.05) is 20.6 Å². The normalized spacial score (nSPS) is 15.2. The summed E-state index contributed by atoms with van der Waals surface area (Å²) in [5.74, 6) is 1.85. The van der Waals surface area contributed by atoms with Crippen molar-refractivity contribution in [3.05, 3.63) is 89.5 Å². The number of hydrogen-bond acceptors (Lipinski definition) is 2. The van der Waals surface area contributed by atoms with Crippen LogP contribution in [0.3, 0.4) is 0 Å². The van der Waals surface area contributed by atoms with Gasteiger partial charge < -0.3 is 9.64 Å². The summed E-state index contributed by atoms with van der Waals surface area (Å²) in [6, 6.07) is 25.9. The molecule has 1 atom stereocenters. The molecule has 0 heterocycles. The largest absolute Gasteiger partial charge is 0.489 e. The first-order valence-electron chi connectivity index (χ1n) is 11.7. The molecule has 170 valence electrons. The smallest absolute Gasteiger partial charge is 0.120 e. The first-order valence-corrected chi connectivity index (χ1v) is 11.7. The number of ether oxygens (including phenoxy) is 1. The van der Waals surface area contributed by atoms with Crippen LogP contribution >= 0.6 is 12.4 Å². The minimum atomic E-state index is 0. The van der Waals surface area contributed by atoms with Gasteiger partial charge in [0.15, 0.2) is 0 Å². The highest BCUT2D eigenvalue weighted by atomic mass is 35.5. The number of rotatable bonds is 9. The number of hydrogen-bond donors (Lipinski definition) is 0. The molecule has 2 nitrogen and oxygen atoms in total. The molecule has 3 heteroatoms. The second-order valence-electron chi connectivity index (χ2n) is 9.19. The average Bonchev–Trinajstić information content (AvgIpc) is 2.81. The van der Waals surface area contributed by atoms with E-state index in [4.69, 9.17) is 4.74 Å². The van der Waals surface area contributed by atoms with E-state index >= 15 is 0 Å². The lowest BCUT2D eigenvalue weighted by atomic mass is 9.81. The Hall–Kier alpha value is -2.29. The van der Waals surface area contributed by atoms with Crippen molar-refractivity contribution in [3.8, 4) is 16.9 Å². The highest BCUT2D eigenvalue weighted by Gasteiger charge is 2.19. The van der Waals surface area contributed by atoms with Crippen LogP contribution in [0, 0.1) is 5.92 Å². The van der Waals surface area contributed by atoms with E-state index in [1.54, 1.807) is 0 Å². The molecule has 1 aliphatic carbocycles. The van der Waals surface area contributed by atoms with Gasteiger partial charge in [-0.1, -0.05) is 73.5 Å². The number of benzene rings is 3. The lowest BCUT2D eigenvalue weighted by molar-refractivity contribution is 0.305. The highest BCUT2D eigenvalue weighted by molar-refractivity contribution is 5.85. The number of fused-ring (bicyclic) bond motifs is 1. The quantitative estimate of drug-likeness (QED) is 0.320. The molecule has 0 aliphatic heterocycles. The van der Waals surface area contributed by atoms with Gasteiger partial charge in [0, 0.05) is 0 Å². The van der Waals surface area contributed by atoms with Gasteiger partial charge in [0.1, 0.15) is 12.4 Å². The van der Waals surface area contributed by atoms with Gasteiger partial charge >= 0.3 is 0 Å². The van der Waals surface area contributed by atoms with E-state index in [0.717, 1.165) is 11.7 Å². The van der Waals surface area contributed by atoms with E-state index in [2.05, 4.69) is 91.8 Å². The van der Waals surface area contributed by atoms with Crippen molar-refractivity contribution in [1.82, 2.24) is 4.90 Å². The molecule has 0 amide bonds. The molecule has 0 saturated carbocycles. The SMILES string of the molecule is CN(C)CCCCC1CCc2cc(OCc3ccc(-c4ccccc4)cc3)ccc2C1.Cl. The topological polar surface area (TPSA) is 12.5 Å². The predicted octanol–water partition coefficient (Wildman–Crippen LogP) is 7.19. The minimum absolute atomic E-state index is 0. The van der Waals surface area contributed by atoms with Crippen LogP contribution in [0.15, 0.2) is 72.8 Å². The fourth-order valence-corrected chi connectivity index (χ4v) is 4.59. The van der Waals surface area contributed by atoms with Crippen molar-refractivity contribution in [2.45, 2.75) is 45.1 Å². The maximum absolute atomic E-state index is 6.13. The Bertz CT molecular complexity index is 953. The molecular formula is C29H36ClNO. The summed E-state index contributed by atoms with van der Waals surface area (Å²) < 4.78 is 6.13. The summed E-state index contributed by atoms with van der Waals surface area (Å²) in [7, 11) is 4.33. The molecule has 1 aliphatic rings. The molecular weight excluding hydrogens is 414 g/mol. The van der Waals surface area contributed by atoms with Gasteiger partial charge in [0.2, 0.25) is 0 Å². The number of halogens is 1. The maximum Gasteiger partial charge on any atom is 0.120 e. The van der Waals surface area contributed by atoms with E-state index < -0.39 is 0 Å². The Morgan fingerprint density at radius 2 is 1.59 bits per heavy atom. The lowest BCUT2D eigenvalue weighted by Crippen LogP contribution is -2.16. The molecule has 0 saturated heterocycles. The monoisotopic (exact) mass is 449 g/mol.